The number of hydrogen-bond donors (Lipinski definition) is 0. The highest BCUT2D eigenvalue weighted by Gasteiger charge is 2.08. The van der Waals surface area contributed by atoms with Crippen molar-refractivity contribution in [3.8, 4) is 5.75 Å². The van der Waals surface area contributed by atoms with Gasteiger partial charge in [0.1, 0.15) is 5.75 Å². The van der Waals surface area contributed by atoms with Crippen molar-refractivity contribution in [2.24, 2.45) is 0 Å². The van der Waals surface area contributed by atoms with Gasteiger partial charge in [0.25, 0.3) is 0 Å². The number of esters is 1. The van der Waals surface area contributed by atoms with E-state index in [9.17, 15) is 4.79 Å². The van der Waals surface area contributed by atoms with Gasteiger partial charge in [0.05, 0.1) is 0 Å². The first-order valence-electron chi connectivity index (χ1n) is 4.89. The fourth-order valence-electron chi connectivity index (χ4n) is 1.51. The van der Waals surface area contributed by atoms with Crippen LogP contribution in [0.1, 0.15) is 31.9 Å². The summed E-state index contributed by atoms with van der Waals surface area (Å²) in [7, 11) is 0. The zero-order chi connectivity index (χ0) is 10.6. The topological polar surface area (TPSA) is 26.3 Å². The maximum atomic E-state index is 10.8. The maximum absolute atomic E-state index is 10.8. The molecule has 2 nitrogen and oxygen atoms in total. The molecular weight excluding hydrogens is 176 g/mol. The lowest BCUT2D eigenvalue weighted by molar-refractivity contribution is -0.131. The van der Waals surface area contributed by atoms with Crippen LogP contribution in [0.15, 0.2) is 12.1 Å². The lowest BCUT2D eigenvalue weighted by Gasteiger charge is -2.10. The SMILES string of the molecule is CCc1cc[c]c(OC(C)=O)c1CC. The minimum absolute atomic E-state index is 0.288. The van der Waals surface area contributed by atoms with Crippen LogP contribution in [0.3, 0.4) is 0 Å². The van der Waals surface area contributed by atoms with E-state index in [1.165, 1.54) is 12.5 Å². The first-order valence-corrected chi connectivity index (χ1v) is 4.89. The van der Waals surface area contributed by atoms with Crippen molar-refractivity contribution in [2.45, 2.75) is 33.6 Å². The van der Waals surface area contributed by atoms with Crippen molar-refractivity contribution in [3.63, 3.8) is 0 Å². The average molecular weight is 191 g/mol. The van der Waals surface area contributed by atoms with Crippen LogP contribution in [0, 0.1) is 6.07 Å². The van der Waals surface area contributed by atoms with Crippen LogP contribution in [-0.2, 0) is 17.6 Å². The fourth-order valence-corrected chi connectivity index (χ4v) is 1.51. The first kappa shape index (κ1) is 10.8. The molecule has 0 unspecified atom stereocenters. The third-order valence-corrected chi connectivity index (χ3v) is 2.14. The summed E-state index contributed by atoms with van der Waals surface area (Å²) in [5, 5.41) is 0. The van der Waals surface area contributed by atoms with E-state index in [1.54, 1.807) is 6.07 Å². The number of rotatable bonds is 3. The zero-order valence-electron chi connectivity index (χ0n) is 8.89. The monoisotopic (exact) mass is 191 g/mol. The van der Waals surface area contributed by atoms with Crippen molar-refractivity contribution in [1.29, 1.82) is 0 Å². The van der Waals surface area contributed by atoms with E-state index in [4.69, 9.17) is 4.74 Å². The summed E-state index contributed by atoms with van der Waals surface area (Å²) in [5.41, 5.74) is 2.31. The van der Waals surface area contributed by atoms with Crippen molar-refractivity contribution in [2.75, 3.05) is 0 Å². The Bertz CT molecular complexity index is 329. The van der Waals surface area contributed by atoms with Gasteiger partial charge in [-0.15, -0.1) is 0 Å². The summed E-state index contributed by atoms with van der Waals surface area (Å²) in [6, 6.07) is 6.77. The van der Waals surface area contributed by atoms with Gasteiger partial charge in [0.15, 0.2) is 0 Å². The van der Waals surface area contributed by atoms with E-state index in [-0.39, 0.29) is 5.97 Å². The van der Waals surface area contributed by atoms with Gasteiger partial charge in [-0.05, 0) is 24.0 Å². The molecule has 0 spiro atoms. The molecule has 14 heavy (non-hydrogen) atoms. The second-order valence-electron chi connectivity index (χ2n) is 3.11. The Balaban J connectivity index is 3.08. The molecule has 0 aliphatic carbocycles. The van der Waals surface area contributed by atoms with Crippen LogP contribution in [-0.4, -0.2) is 5.97 Å². The number of ether oxygens (including phenoxy) is 1. The predicted octanol–water partition coefficient (Wildman–Crippen LogP) is 2.54. The molecule has 0 N–H and O–H groups in total. The molecule has 2 heteroatoms. The Morgan fingerprint density at radius 1 is 1.43 bits per heavy atom. The van der Waals surface area contributed by atoms with Gasteiger partial charge < -0.3 is 4.74 Å². The Labute approximate surface area is 84.9 Å². The highest BCUT2D eigenvalue weighted by atomic mass is 16.5. The van der Waals surface area contributed by atoms with Gasteiger partial charge >= 0.3 is 5.97 Å². The number of aryl methyl sites for hydroxylation is 1. The molecule has 0 saturated carbocycles. The lowest BCUT2D eigenvalue weighted by atomic mass is 10.0. The summed E-state index contributed by atoms with van der Waals surface area (Å²) in [6.45, 7) is 5.55. The van der Waals surface area contributed by atoms with Gasteiger partial charge in [-0.2, -0.15) is 0 Å². The third-order valence-electron chi connectivity index (χ3n) is 2.14. The van der Waals surface area contributed by atoms with Crippen molar-refractivity contribution >= 4 is 5.97 Å². The van der Waals surface area contributed by atoms with Crippen molar-refractivity contribution in [3.05, 3.63) is 29.3 Å². The molecule has 0 fully saturated rings. The summed E-state index contributed by atoms with van der Waals surface area (Å²) >= 11 is 0. The minimum atomic E-state index is -0.288. The van der Waals surface area contributed by atoms with Crippen LogP contribution in [0.4, 0.5) is 0 Å². The normalized spacial score (nSPS) is 9.93. The Kier molecular flexibility index (Phi) is 3.69. The number of carbonyl (C=O) groups is 1. The Morgan fingerprint density at radius 2 is 2.14 bits per heavy atom. The van der Waals surface area contributed by atoms with Crippen LogP contribution >= 0.6 is 0 Å². The molecule has 0 aromatic heterocycles. The van der Waals surface area contributed by atoms with E-state index in [2.05, 4.69) is 19.9 Å². The molecule has 0 atom stereocenters. The second-order valence-corrected chi connectivity index (χ2v) is 3.11. The fraction of sp³-hybridized carbons (Fsp3) is 0.417. The van der Waals surface area contributed by atoms with E-state index in [0.717, 1.165) is 18.4 Å². The molecule has 0 heterocycles. The number of hydrogen-bond acceptors (Lipinski definition) is 2. The largest absolute Gasteiger partial charge is 0.426 e. The quantitative estimate of drug-likeness (QED) is 0.542. The van der Waals surface area contributed by atoms with Gasteiger partial charge in [-0.3, -0.25) is 4.79 Å². The standard InChI is InChI=1S/C12H15O2/c1-4-10-7-6-8-12(11(10)5-2)14-9(3)13/h6-7H,4-5H2,1-3H3. The van der Waals surface area contributed by atoms with Gasteiger partial charge in [0, 0.05) is 13.0 Å². The Hall–Kier alpha value is -1.31. The summed E-state index contributed by atoms with van der Waals surface area (Å²) < 4.78 is 5.08. The first-order chi connectivity index (χ1) is 6.69. The lowest BCUT2D eigenvalue weighted by Crippen LogP contribution is -2.05. The zero-order valence-corrected chi connectivity index (χ0v) is 8.89. The van der Waals surface area contributed by atoms with Crippen LogP contribution in [0.5, 0.6) is 5.75 Å². The molecule has 0 bridgehead atoms. The third kappa shape index (κ3) is 2.34. The second kappa shape index (κ2) is 4.80. The molecule has 0 aliphatic heterocycles. The van der Waals surface area contributed by atoms with E-state index in [0.29, 0.717) is 5.75 Å². The molecule has 1 aromatic carbocycles. The molecule has 1 aromatic rings. The highest BCUT2D eigenvalue weighted by Crippen LogP contribution is 2.23. The molecule has 1 radical (unpaired) electrons. The predicted molar refractivity (Wildman–Crippen MR) is 55.3 cm³/mol. The number of carbonyl (C=O) groups excluding carboxylic acids is 1. The van der Waals surface area contributed by atoms with Gasteiger partial charge in [-0.25, -0.2) is 0 Å². The van der Waals surface area contributed by atoms with Gasteiger partial charge in [0.2, 0.25) is 0 Å². The molecule has 0 aliphatic rings. The van der Waals surface area contributed by atoms with E-state index < -0.39 is 0 Å². The van der Waals surface area contributed by atoms with E-state index in [1.807, 2.05) is 6.07 Å². The molecule has 0 amide bonds. The summed E-state index contributed by atoms with van der Waals surface area (Å²) in [6.07, 6.45) is 1.81. The van der Waals surface area contributed by atoms with E-state index >= 15 is 0 Å². The molecule has 1 rings (SSSR count). The van der Waals surface area contributed by atoms with Gasteiger partial charge in [-0.1, -0.05) is 26.0 Å². The smallest absolute Gasteiger partial charge is 0.308 e. The summed E-state index contributed by atoms with van der Waals surface area (Å²) in [4.78, 5) is 10.8. The van der Waals surface area contributed by atoms with Crippen LogP contribution in [0.2, 0.25) is 0 Å². The minimum Gasteiger partial charge on any atom is -0.426 e. The van der Waals surface area contributed by atoms with Crippen molar-refractivity contribution < 1.29 is 9.53 Å². The Morgan fingerprint density at radius 3 is 2.64 bits per heavy atom. The maximum Gasteiger partial charge on any atom is 0.308 e. The number of benzene rings is 1. The van der Waals surface area contributed by atoms with Crippen LogP contribution < -0.4 is 4.74 Å². The van der Waals surface area contributed by atoms with Crippen molar-refractivity contribution in [1.82, 2.24) is 0 Å². The molecule has 75 valence electrons. The average Bonchev–Trinajstić information content (AvgIpc) is 2.16. The van der Waals surface area contributed by atoms with Crippen LogP contribution in [0.25, 0.3) is 0 Å². The highest BCUT2D eigenvalue weighted by molar-refractivity contribution is 5.69. The molecule has 0 saturated heterocycles. The molecular formula is C12H15O2. The summed E-state index contributed by atoms with van der Waals surface area (Å²) in [5.74, 6) is 0.295.